The number of nitrogens with one attached hydrogen (secondary N) is 1. The second-order valence-electron chi connectivity index (χ2n) is 28.0. The second kappa shape index (κ2) is 24.7. The molecule has 0 fully saturated rings. The van der Waals surface area contributed by atoms with Gasteiger partial charge in [-0.25, -0.2) is 0 Å². The van der Waals surface area contributed by atoms with Crippen LogP contribution in [-0.4, -0.2) is 0 Å². The summed E-state index contributed by atoms with van der Waals surface area (Å²) in [6.07, 6.45) is 0. The minimum absolute atomic E-state index is 0.0286. The maximum absolute atomic E-state index is 6.04. The Morgan fingerprint density at radius 2 is 0.584 bits per heavy atom. The van der Waals surface area contributed by atoms with Crippen LogP contribution in [0.5, 0.6) is 0 Å². The van der Waals surface area contributed by atoms with Crippen molar-refractivity contribution < 1.29 is 0 Å². The molecule has 0 heterocycles. The van der Waals surface area contributed by atoms with Gasteiger partial charge in [0.15, 0.2) is 0 Å². The van der Waals surface area contributed by atoms with Crippen molar-refractivity contribution in [2.75, 3.05) is 10.2 Å². The lowest BCUT2D eigenvalue weighted by Crippen LogP contribution is -2.16. The van der Waals surface area contributed by atoms with Crippen LogP contribution in [0.2, 0.25) is 5.02 Å². The molecule has 20 rings (SSSR count). The molecule has 0 atom stereocenters. The van der Waals surface area contributed by atoms with E-state index in [0.29, 0.717) is 0 Å². The summed E-state index contributed by atoms with van der Waals surface area (Å²) in [7, 11) is 0. The SMILES string of the molecule is CC1(C)c2ccccc2-c2c(N(c3ccc(-c4ccccc4)cc3)c3ccc(-c4ccc5c6c(cccc46)-c4ccccc4-5)cc3)cccc21.CC1(C)c2ccccc2-c2c(Nc3ccc(-c4ccccc4)cc3)cccc21.Clc1ccc(-c2ccc3c4c(cccc24)-c2ccccc2-3)cc1. The van der Waals surface area contributed by atoms with Gasteiger partial charge in [0.25, 0.3) is 0 Å². The molecule has 0 aromatic heterocycles. The molecule has 4 aliphatic rings. The molecule has 0 spiro atoms. The second-order valence-corrected chi connectivity index (χ2v) is 28.4. The first-order valence-electron chi connectivity index (χ1n) is 35.1. The number of benzene rings is 16. The van der Waals surface area contributed by atoms with Gasteiger partial charge in [-0.05, 0) is 205 Å². The molecule has 101 heavy (non-hydrogen) atoms. The molecule has 0 unspecified atom stereocenters. The smallest absolute Gasteiger partial charge is 0.0543 e. The summed E-state index contributed by atoms with van der Waals surface area (Å²) in [5, 5.41) is 9.76. The van der Waals surface area contributed by atoms with Gasteiger partial charge in [0.1, 0.15) is 0 Å². The largest absolute Gasteiger partial charge is 0.355 e. The van der Waals surface area contributed by atoms with Gasteiger partial charge >= 0.3 is 0 Å². The van der Waals surface area contributed by atoms with Crippen LogP contribution >= 0.6 is 11.6 Å². The van der Waals surface area contributed by atoms with Crippen molar-refractivity contribution in [3.63, 3.8) is 0 Å². The topological polar surface area (TPSA) is 15.3 Å². The zero-order valence-electron chi connectivity index (χ0n) is 56.8. The molecule has 16 aromatic rings. The number of anilines is 5. The lowest BCUT2D eigenvalue weighted by atomic mass is 9.82. The first-order valence-corrected chi connectivity index (χ1v) is 35.5. The maximum Gasteiger partial charge on any atom is 0.0543 e. The minimum Gasteiger partial charge on any atom is -0.355 e. The average molecular weight is 1310 g/mol. The standard InChI is InChI=1S/C49H35N.C27H23N.C22H13Cl/c1-49(2)44-19-9-8-16-43(44)48-45(49)20-11-21-46(48)50(35-26-22-33(23-27-35)32-12-4-3-5-13-32)36-28-24-34(25-29-36)37-30-31-42-39-15-7-6-14-38(39)41-18-10-17-40(37)47(41)42;1-27(2)23-12-7-6-11-22(23)26-24(27)13-8-14-25(26)28-21-17-15-20(16-18-21)19-9-4-3-5-10-19;23-15-10-8-14(9-11-15)16-12-13-21-18-5-2-1-4-17(18)20-7-3-6-19(16)22(20)21/h3-31H,1-2H3;3-18,28H,1-2H3;1-13H. The third kappa shape index (κ3) is 10.4. The van der Waals surface area contributed by atoms with Crippen molar-refractivity contribution >= 4 is 61.6 Å². The van der Waals surface area contributed by atoms with Crippen LogP contribution in [0.1, 0.15) is 49.9 Å². The molecule has 0 saturated carbocycles. The lowest BCUT2D eigenvalue weighted by molar-refractivity contribution is 0.660. The molecular formula is C98H71ClN2. The van der Waals surface area contributed by atoms with Crippen LogP contribution in [0.3, 0.4) is 0 Å². The Labute approximate surface area is 596 Å². The molecule has 0 bridgehead atoms. The van der Waals surface area contributed by atoms with E-state index in [4.69, 9.17) is 11.6 Å². The van der Waals surface area contributed by atoms with Gasteiger partial charge in [-0.2, -0.15) is 0 Å². The molecular weight excluding hydrogens is 1240 g/mol. The van der Waals surface area contributed by atoms with Gasteiger partial charge in [-0.3, -0.25) is 0 Å². The van der Waals surface area contributed by atoms with Gasteiger partial charge in [-0.1, -0.05) is 330 Å². The number of nitrogens with zero attached hydrogens (tertiary/aromatic N) is 1. The number of halogens is 1. The molecule has 0 radical (unpaired) electrons. The van der Waals surface area contributed by atoms with Gasteiger partial charge < -0.3 is 10.2 Å². The van der Waals surface area contributed by atoms with Crippen LogP contribution in [0, 0.1) is 0 Å². The van der Waals surface area contributed by atoms with Crippen molar-refractivity contribution in [3.05, 3.63) is 379 Å². The van der Waals surface area contributed by atoms with Crippen LogP contribution in [0.4, 0.5) is 28.4 Å². The summed E-state index contributed by atoms with van der Waals surface area (Å²) in [5.74, 6) is 0. The molecule has 0 amide bonds. The van der Waals surface area contributed by atoms with E-state index in [9.17, 15) is 0 Å². The fourth-order valence-electron chi connectivity index (χ4n) is 16.7. The molecule has 0 saturated heterocycles. The van der Waals surface area contributed by atoms with Crippen molar-refractivity contribution in [1.82, 2.24) is 0 Å². The highest BCUT2D eigenvalue weighted by Gasteiger charge is 2.39. The zero-order valence-corrected chi connectivity index (χ0v) is 57.6. The van der Waals surface area contributed by atoms with Crippen LogP contribution < -0.4 is 10.2 Å². The first-order chi connectivity index (χ1) is 49.5. The Balaban J connectivity index is 0.000000121. The Morgan fingerprint density at radius 1 is 0.248 bits per heavy atom. The van der Waals surface area contributed by atoms with Crippen LogP contribution in [-0.2, 0) is 10.8 Å². The quantitative estimate of drug-likeness (QED) is 0.155. The van der Waals surface area contributed by atoms with E-state index in [1.54, 1.807) is 0 Å². The number of hydrogen-bond acceptors (Lipinski definition) is 2. The van der Waals surface area contributed by atoms with E-state index < -0.39 is 0 Å². The van der Waals surface area contributed by atoms with Crippen LogP contribution in [0.25, 0.3) is 133 Å². The van der Waals surface area contributed by atoms with E-state index in [0.717, 1.165) is 22.1 Å². The van der Waals surface area contributed by atoms with E-state index in [1.165, 1.54) is 166 Å². The highest BCUT2D eigenvalue weighted by atomic mass is 35.5. The molecule has 2 nitrogen and oxygen atoms in total. The van der Waals surface area contributed by atoms with Gasteiger partial charge in [0.05, 0.1) is 5.69 Å². The summed E-state index contributed by atoms with van der Waals surface area (Å²) >= 11 is 6.04. The number of fused-ring (bicyclic) bond motifs is 12. The highest BCUT2D eigenvalue weighted by Crippen LogP contribution is 2.57. The van der Waals surface area contributed by atoms with Gasteiger partial charge in [-0.15, -0.1) is 0 Å². The predicted octanol–water partition coefficient (Wildman–Crippen LogP) is 27.8. The molecule has 4 aliphatic carbocycles. The lowest BCUT2D eigenvalue weighted by Gasteiger charge is -2.29. The zero-order chi connectivity index (χ0) is 67.9. The van der Waals surface area contributed by atoms with E-state index >= 15 is 0 Å². The van der Waals surface area contributed by atoms with Crippen molar-refractivity contribution in [2.24, 2.45) is 0 Å². The average Bonchev–Trinajstić information content (AvgIpc) is 1.60. The molecule has 480 valence electrons. The third-order valence-electron chi connectivity index (χ3n) is 21.6. The number of rotatable bonds is 9. The Kier molecular flexibility index (Phi) is 15.0. The highest BCUT2D eigenvalue weighted by molar-refractivity contribution is 6.30. The van der Waals surface area contributed by atoms with Crippen molar-refractivity contribution in [3.8, 4) is 111 Å². The Morgan fingerprint density at radius 3 is 1.07 bits per heavy atom. The van der Waals surface area contributed by atoms with Crippen molar-refractivity contribution in [1.29, 1.82) is 0 Å². The molecule has 16 aromatic carbocycles. The Hall–Kier alpha value is -12.1. The fourth-order valence-corrected chi connectivity index (χ4v) is 16.8. The van der Waals surface area contributed by atoms with Crippen molar-refractivity contribution in [2.45, 2.75) is 38.5 Å². The van der Waals surface area contributed by atoms with Gasteiger partial charge in [0, 0.05) is 49.7 Å². The summed E-state index contributed by atoms with van der Waals surface area (Å²) in [5.41, 5.74) is 37.1. The normalized spacial score (nSPS) is 13.0. The number of hydrogen-bond donors (Lipinski definition) is 1. The molecule has 0 aliphatic heterocycles. The summed E-state index contributed by atoms with van der Waals surface area (Å²) < 4.78 is 0. The Bertz CT molecular complexity index is 5830. The van der Waals surface area contributed by atoms with Crippen LogP contribution in [0.15, 0.2) is 352 Å². The summed E-state index contributed by atoms with van der Waals surface area (Å²) in [6.45, 7) is 9.34. The third-order valence-corrected chi connectivity index (χ3v) is 21.9. The first kappa shape index (κ1) is 61.3. The molecule has 1 N–H and O–H groups in total. The van der Waals surface area contributed by atoms with E-state index in [-0.39, 0.29) is 10.8 Å². The van der Waals surface area contributed by atoms with E-state index in [1.807, 2.05) is 12.1 Å². The predicted molar refractivity (Wildman–Crippen MR) is 429 cm³/mol. The fraction of sp³-hybridized carbons (Fsp3) is 0.0612. The summed E-state index contributed by atoms with van der Waals surface area (Å²) in [4.78, 5) is 2.44. The monoisotopic (exact) mass is 1310 g/mol. The maximum atomic E-state index is 6.04. The van der Waals surface area contributed by atoms with E-state index in [2.05, 4.69) is 378 Å². The minimum atomic E-state index is -0.0793. The van der Waals surface area contributed by atoms with Gasteiger partial charge in [0.2, 0.25) is 0 Å². The molecule has 3 heteroatoms. The summed E-state index contributed by atoms with van der Waals surface area (Å²) in [6, 6.07) is 127.